The molecular formula is C20H30N2O. The van der Waals surface area contributed by atoms with Gasteiger partial charge in [0, 0.05) is 11.6 Å². The molecule has 1 atom stereocenters. The number of unbranched alkanes of at least 4 members (excludes halogenated alkanes) is 1. The van der Waals surface area contributed by atoms with Gasteiger partial charge in [-0.05, 0) is 75.1 Å². The van der Waals surface area contributed by atoms with Crippen LogP contribution in [0.1, 0.15) is 50.2 Å². The Morgan fingerprint density at radius 1 is 1.26 bits per heavy atom. The van der Waals surface area contributed by atoms with Gasteiger partial charge in [-0.3, -0.25) is 4.99 Å². The van der Waals surface area contributed by atoms with Crippen molar-refractivity contribution in [2.45, 2.75) is 51.5 Å². The molecule has 1 saturated heterocycles. The lowest BCUT2D eigenvalue weighted by Gasteiger charge is -2.33. The molecule has 2 heterocycles. The van der Waals surface area contributed by atoms with E-state index in [1.165, 1.54) is 62.0 Å². The van der Waals surface area contributed by atoms with Crippen molar-refractivity contribution in [3.63, 3.8) is 0 Å². The molecule has 0 aliphatic carbocycles. The lowest BCUT2D eigenvalue weighted by atomic mass is 9.82. The van der Waals surface area contributed by atoms with Crippen LogP contribution in [0, 0.1) is 5.92 Å². The normalized spacial score (nSPS) is 22.6. The standard InChI is InChI=1S/C20H30N2O/c1-4-5-6-17-13-16-14-18(23-3)7-8-19(16)20(21-17)15-9-11-22(2)12-10-15/h7-8,14-15,17H,4-6,9-13H2,1-3H3. The number of benzene rings is 1. The molecule has 1 unspecified atom stereocenters. The van der Waals surface area contributed by atoms with E-state index >= 15 is 0 Å². The second-order valence-corrected chi connectivity index (χ2v) is 7.12. The molecule has 3 rings (SSSR count). The number of fused-ring (bicyclic) bond motifs is 1. The summed E-state index contributed by atoms with van der Waals surface area (Å²) < 4.78 is 5.44. The predicted molar refractivity (Wildman–Crippen MR) is 96.8 cm³/mol. The van der Waals surface area contributed by atoms with Crippen LogP contribution >= 0.6 is 0 Å². The van der Waals surface area contributed by atoms with Gasteiger partial charge in [0.05, 0.1) is 13.2 Å². The Labute approximate surface area is 140 Å². The largest absolute Gasteiger partial charge is 0.497 e. The van der Waals surface area contributed by atoms with E-state index in [9.17, 15) is 0 Å². The highest BCUT2D eigenvalue weighted by Crippen LogP contribution is 2.31. The lowest BCUT2D eigenvalue weighted by Crippen LogP contribution is -2.36. The minimum atomic E-state index is 0.462. The Bertz CT molecular complexity index is 559. The fourth-order valence-corrected chi connectivity index (χ4v) is 3.90. The van der Waals surface area contributed by atoms with E-state index in [0.717, 1.165) is 12.2 Å². The van der Waals surface area contributed by atoms with E-state index < -0.39 is 0 Å². The Hall–Kier alpha value is -1.35. The van der Waals surface area contributed by atoms with Crippen molar-refractivity contribution in [1.29, 1.82) is 0 Å². The molecule has 0 bridgehead atoms. The van der Waals surface area contributed by atoms with Crippen LogP contribution < -0.4 is 4.74 Å². The van der Waals surface area contributed by atoms with E-state index in [-0.39, 0.29) is 0 Å². The van der Waals surface area contributed by atoms with Crippen LogP contribution in [0.4, 0.5) is 0 Å². The molecule has 1 fully saturated rings. The molecule has 0 N–H and O–H groups in total. The number of piperidine rings is 1. The zero-order valence-corrected chi connectivity index (χ0v) is 14.8. The molecule has 0 aromatic heterocycles. The van der Waals surface area contributed by atoms with Crippen molar-refractivity contribution >= 4 is 5.71 Å². The van der Waals surface area contributed by atoms with Gasteiger partial charge in [0.25, 0.3) is 0 Å². The minimum absolute atomic E-state index is 0.462. The first kappa shape index (κ1) is 16.5. The first-order valence-electron chi connectivity index (χ1n) is 9.14. The summed E-state index contributed by atoms with van der Waals surface area (Å²) in [7, 11) is 3.98. The van der Waals surface area contributed by atoms with Gasteiger partial charge in [-0.1, -0.05) is 19.8 Å². The molecule has 0 radical (unpaired) electrons. The van der Waals surface area contributed by atoms with Crippen LogP contribution in [0.25, 0.3) is 0 Å². The van der Waals surface area contributed by atoms with Crippen LogP contribution in [0.5, 0.6) is 5.75 Å². The van der Waals surface area contributed by atoms with E-state index in [4.69, 9.17) is 9.73 Å². The highest BCUT2D eigenvalue weighted by Gasteiger charge is 2.28. The van der Waals surface area contributed by atoms with Crippen molar-refractivity contribution in [2.24, 2.45) is 10.9 Å². The van der Waals surface area contributed by atoms with Crippen LogP contribution in [-0.4, -0.2) is 43.9 Å². The van der Waals surface area contributed by atoms with Crippen molar-refractivity contribution in [1.82, 2.24) is 4.90 Å². The number of hydrogen-bond acceptors (Lipinski definition) is 3. The molecule has 3 heteroatoms. The van der Waals surface area contributed by atoms with Crippen molar-refractivity contribution in [2.75, 3.05) is 27.2 Å². The third-order valence-electron chi connectivity index (χ3n) is 5.36. The lowest BCUT2D eigenvalue weighted by molar-refractivity contribution is 0.251. The van der Waals surface area contributed by atoms with Crippen molar-refractivity contribution in [3.8, 4) is 5.75 Å². The van der Waals surface area contributed by atoms with Gasteiger partial charge < -0.3 is 9.64 Å². The fourth-order valence-electron chi connectivity index (χ4n) is 3.90. The maximum atomic E-state index is 5.44. The van der Waals surface area contributed by atoms with E-state index in [1.807, 2.05) is 0 Å². The fraction of sp³-hybridized carbons (Fsp3) is 0.650. The van der Waals surface area contributed by atoms with Crippen LogP contribution in [0.15, 0.2) is 23.2 Å². The summed E-state index contributed by atoms with van der Waals surface area (Å²) >= 11 is 0. The maximum absolute atomic E-state index is 5.44. The van der Waals surface area contributed by atoms with E-state index in [0.29, 0.717) is 12.0 Å². The van der Waals surface area contributed by atoms with Gasteiger partial charge in [0.1, 0.15) is 5.75 Å². The average Bonchev–Trinajstić information content (AvgIpc) is 2.59. The van der Waals surface area contributed by atoms with Gasteiger partial charge in [-0.25, -0.2) is 0 Å². The van der Waals surface area contributed by atoms with Gasteiger partial charge in [0.2, 0.25) is 0 Å². The average molecular weight is 314 g/mol. The van der Waals surface area contributed by atoms with Crippen molar-refractivity contribution in [3.05, 3.63) is 29.3 Å². The first-order valence-corrected chi connectivity index (χ1v) is 9.14. The summed E-state index contributed by atoms with van der Waals surface area (Å²) in [6.07, 6.45) is 7.28. The maximum Gasteiger partial charge on any atom is 0.119 e. The van der Waals surface area contributed by atoms with Crippen LogP contribution in [0.2, 0.25) is 0 Å². The summed E-state index contributed by atoms with van der Waals surface area (Å²) in [6.45, 7) is 4.64. The minimum Gasteiger partial charge on any atom is -0.497 e. The molecule has 0 spiro atoms. The van der Waals surface area contributed by atoms with Gasteiger partial charge >= 0.3 is 0 Å². The predicted octanol–water partition coefficient (Wildman–Crippen LogP) is 3.94. The van der Waals surface area contributed by atoms with Crippen molar-refractivity contribution < 1.29 is 4.74 Å². The Kier molecular flexibility index (Phi) is 5.37. The van der Waals surface area contributed by atoms with Gasteiger partial charge in [-0.2, -0.15) is 0 Å². The smallest absolute Gasteiger partial charge is 0.119 e. The first-order chi connectivity index (χ1) is 11.2. The number of hydrogen-bond donors (Lipinski definition) is 0. The SMILES string of the molecule is CCCCC1Cc2cc(OC)ccc2C(C2CCN(C)CC2)=N1. The molecule has 1 aromatic carbocycles. The summed E-state index contributed by atoms with van der Waals surface area (Å²) in [5.74, 6) is 1.60. The Morgan fingerprint density at radius 2 is 2.04 bits per heavy atom. The second-order valence-electron chi connectivity index (χ2n) is 7.12. The van der Waals surface area contributed by atoms with Crippen LogP contribution in [0.3, 0.4) is 0 Å². The Morgan fingerprint density at radius 3 is 2.74 bits per heavy atom. The number of nitrogens with zero attached hydrogens (tertiary/aromatic N) is 2. The monoisotopic (exact) mass is 314 g/mol. The highest BCUT2D eigenvalue weighted by molar-refractivity contribution is 6.04. The summed E-state index contributed by atoms with van der Waals surface area (Å²) in [4.78, 5) is 7.66. The number of ether oxygens (including phenoxy) is 1. The molecule has 126 valence electrons. The summed E-state index contributed by atoms with van der Waals surface area (Å²) in [5, 5.41) is 0. The number of rotatable bonds is 5. The van der Waals surface area contributed by atoms with Gasteiger partial charge in [0.15, 0.2) is 0 Å². The molecule has 3 nitrogen and oxygen atoms in total. The zero-order valence-electron chi connectivity index (χ0n) is 14.8. The van der Waals surface area contributed by atoms with E-state index in [2.05, 4.69) is 37.1 Å². The van der Waals surface area contributed by atoms with E-state index in [1.54, 1.807) is 7.11 Å². The second kappa shape index (κ2) is 7.48. The van der Waals surface area contributed by atoms with Gasteiger partial charge in [-0.15, -0.1) is 0 Å². The zero-order chi connectivity index (χ0) is 16.2. The topological polar surface area (TPSA) is 24.8 Å². The molecule has 23 heavy (non-hydrogen) atoms. The molecular weight excluding hydrogens is 284 g/mol. The number of likely N-dealkylation sites (tertiary alicyclic amines) is 1. The number of methoxy groups -OCH3 is 1. The molecule has 0 amide bonds. The third kappa shape index (κ3) is 3.77. The summed E-state index contributed by atoms with van der Waals surface area (Å²) in [5.41, 5.74) is 4.20. The third-order valence-corrected chi connectivity index (χ3v) is 5.36. The summed E-state index contributed by atoms with van der Waals surface area (Å²) in [6, 6.07) is 7.03. The number of aliphatic imine (C=N–C) groups is 1. The Balaban J connectivity index is 1.88. The van der Waals surface area contributed by atoms with Crippen LogP contribution in [-0.2, 0) is 6.42 Å². The molecule has 0 saturated carbocycles. The molecule has 2 aliphatic rings. The molecule has 1 aromatic rings. The molecule has 2 aliphatic heterocycles. The quantitative estimate of drug-likeness (QED) is 0.822. The highest BCUT2D eigenvalue weighted by atomic mass is 16.5.